The summed E-state index contributed by atoms with van der Waals surface area (Å²) in [6.07, 6.45) is 55.0. The van der Waals surface area contributed by atoms with E-state index in [1.165, 1.54) is 96.3 Å². The van der Waals surface area contributed by atoms with Gasteiger partial charge < -0.3 is 24.2 Å². The molecule has 0 aromatic rings. The van der Waals surface area contributed by atoms with Crippen molar-refractivity contribution in [2.75, 3.05) is 26.4 Å². The minimum Gasteiger partial charge on any atom is -0.462 e. The minimum atomic E-state index is -4.75. The lowest BCUT2D eigenvalue weighted by molar-refractivity contribution is -0.161. The van der Waals surface area contributed by atoms with Gasteiger partial charge in [0.05, 0.1) is 19.8 Å². The number of hydrogen-bond acceptors (Lipinski definition) is 10. The monoisotopic (exact) mass is 1010 g/mol. The molecule has 70 heavy (non-hydrogen) atoms. The van der Waals surface area contributed by atoms with Crippen LogP contribution in [-0.2, 0) is 42.2 Å². The summed E-state index contributed by atoms with van der Waals surface area (Å²) in [5.74, 6) is -1.49. The van der Waals surface area contributed by atoms with Gasteiger partial charge in [-0.05, 0) is 96.3 Å². The predicted octanol–water partition coefficient (Wildman–Crippen LogP) is 16.6. The molecule has 0 saturated carbocycles. The second-order valence-electron chi connectivity index (χ2n) is 19.1. The second kappa shape index (κ2) is 52.8. The number of phosphoric acid groups is 1. The molecule has 3 atom stereocenters. The van der Waals surface area contributed by atoms with E-state index in [9.17, 15) is 28.9 Å². The number of carbonyl (C=O) groups excluding carboxylic acids is 3. The molecule has 0 amide bonds. The van der Waals surface area contributed by atoms with Crippen LogP contribution in [0.25, 0.3) is 0 Å². The first-order chi connectivity index (χ1) is 34.2. The number of phosphoric ester groups is 1. The summed E-state index contributed by atoms with van der Waals surface area (Å²) in [6.45, 7) is 4.56. The van der Waals surface area contributed by atoms with Crippen molar-refractivity contribution in [1.29, 1.82) is 0 Å². The molecule has 0 aromatic carbocycles. The molecule has 0 bridgehead atoms. The Hall–Kier alpha value is -2.56. The molecule has 12 heteroatoms. The SMILES string of the molecule is CCCC/C=C\CCCCCCCC(=O)OC(CO)COP(=O)(O)OCC(COC(=O)CCCCCCC/C=C\C/C=C\CCCCC)OC(=O)CCCCCCCCC/C=C\CCCCCCCC. The van der Waals surface area contributed by atoms with Crippen molar-refractivity contribution in [3.63, 3.8) is 0 Å². The Balaban J connectivity index is 4.75. The zero-order valence-electron chi connectivity index (χ0n) is 45.0. The van der Waals surface area contributed by atoms with Gasteiger partial charge in [0.1, 0.15) is 12.7 Å². The molecule has 0 heterocycles. The molecule has 2 N–H and O–H groups in total. The summed E-state index contributed by atoms with van der Waals surface area (Å²) in [7, 11) is -4.75. The van der Waals surface area contributed by atoms with Gasteiger partial charge >= 0.3 is 25.7 Å². The summed E-state index contributed by atoms with van der Waals surface area (Å²) in [4.78, 5) is 48.4. The van der Waals surface area contributed by atoms with Crippen molar-refractivity contribution in [3.05, 3.63) is 48.6 Å². The fourth-order valence-electron chi connectivity index (χ4n) is 7.77. The van der Waals surface area contributed by atoms with Crippen molar-refractivity contribution in [2.45, 2.75) is 277 Å². The number of esters is 3. The van der Waals surface area contributed by atoms with Gasteiger partial charge in [0.15, 0.2) is 6.10 Å². The van der Waals surface area contributed by atoms with Crippen molar-refractivity contribution >= 4 is 25.7 Å². The van der Waals surface area contributed by atoms with Crippen LogP contribution in [0.2, 0.25) is 0 Å². The second-order valence-corrected chi connectivity index (χ2v) is 20.5. The highest BCUT2D eigenvalue weighted by atomic mass is 31.2. The molecule has 11 nitrogen and oxygen atoms in total. The van der Waals surface area contributed by atoms with Crippen LogP contribution in [0, 0.1) is 0 Å². The number of rotatable bonds is 53. The van der Waals surface area contributed by atoms with Crippen LogP contribution in [0.1, 0.15) is 265 Å². The number of ether oxygens (including phenoxy) is 3. The topological polar surface area (TPSA) is 155 Å². The standard InChI is InChI=1S/C58H105O11P/c1-4-7-10-13-16-19-22-24-26-27-29-31-34-37-40-43-46-49-58(62)69-55(51-65-56(60)47-44-41-38-35-33-30-28-25-23-20-17-14-11-8-5-2)53-67-70(63,64)66-52-54(50-59)68-57(61)48-45-42-39-36-32-21-18-15-12-9-6-3/h15,17-18,20,24-26,28,54-55,59H,4-14,16,19,21-23,27,29-53H2,1-3H3,(H,63,64)/b18-15-,20-17-,26-24-,28-25-. The fraction of sp³-hybridized carbons (Fsp3) is 0.810. The number of carbonyl (C=O) groups is 3. The van der Waals surface area contributed by atoms with Gasteiger partial charge in [-0.2, -0.15) is 0 Å². The molecule has 0 fully saturated rings. The highest BCUT2D eigenvalue weighted by molar-refractivity contribution is 7.47. The molecular formula is C58H105O11P. The lowest BCUT2D eigenvalue weighted by atomic mass is 10.1. The first kappa shape index (κ1) is 67.4. The van der Waals surface area contributed by atoms with Crippen LogP contribution in [0.4, 0.5) is 0 Å². The molecule has 0 aliphatic rings. The normalized spacial score (nSPS) is 13.7. The number of hydrogen-bond donors (Lipinski definition) is 2. The van der Waals surface area contributed by atoms with E-state index in [-0.39, 0.29) is 25.9 Å². The van der Waals surface area contributed by atoms with E-state index in [1.54, 1.807) is 0 Å². The zero-order chi connectivity index (χ0) is 51.3. The number of aliphatic hydroxyl groups is 1. The van der Waals surface area contributed by atoms with Crippen LogP contribution in [0.15, 0.2) is 48.6 Å². The highest BCUT2D eigenvalue weighted by Gasteiger charge is 2.28. The van der Waals surface area contributed by atoms with E-state index in [1.807, 2.05) is 0 Å². The van der Waals surface area contributed by atoms with E-state index in [4.69, 9.17) is 23.3 Å². The summed E-state index contributed by atoms with van der Waals surface area (Å²) >= 11 is 0. The van der Waals surface area contributed by atoms with Crippen LogP contribution < -0.4 is 0 Å². The van der Waals surface area contributed by atoms with E-state index >= 15 is 0 Å². The molecule has 0 saturated heterocycles. The molecule has 3 unspecified atom stereocenters. The van der Waals surface area contributed by atoms with E-state index in [2.05, 4.69) is 69.4 Å². The van der Waals surface area contributed by atoms with Gasteiger partial charge in [0, 0.05) is 19.3 Å². The Morgan fingerprint density at radius 3 is 1.14 bits per heavy atom. The number of aliphatic hydroxyl groups excluding tert-OH is 1. The van der Waals surface area contributed by atoms with E-state index < -0.39 is 57.8 Å². The minimum absolute atomic E-state index is 0.160. The third kappa shape index (κ3) is 50.4. The van der Waals surface area contributed by atoms with Gasteiger partial charge in [-0.15, -0.1) is 0 Å². The smallest absolute Gasteiger partial charge is 0.462 e. The molecule has 0 radical (unpaired) electrons. The molecule has 0 aromatic heterocycles. The molecular weight excluding hydrogens is 904 g/mol. The predicted molar refractivity (Wildman–Crippen MR) is 289 cm³/mol. The number of allylic oxidation sites excluding steroid dienone is 8. The molecule has 408 valence electrons. The van der Waals surface area contributed by atoms with Crippen LogP contribution >= 0.6 is 7.82 Å². The first-order valence-corrected chi connectivity index (χ1v) is 30.0. The maximum atomic E-state index is 12.9. The van der Waals surface area contributed by atoms with Gasteiger partial charge in [0.2, 0.25) is 0 Å². The van der Waals surface area contributed by atoms with Crippen LogP contribution in [0.3, 0.4) is 0 Å². The summed E-state index contributed by atoms with van der Waals surface area (Å²) in [5.41, 5.74) is 0. The quantitative estimate of drug-likeness (QED) is 0.0197. The van der Waals surface area contributed by atoms with Crippen molar-refractivity contribution < 1.29 is 52.2 Å². The van der Waals surface area contributed by atoms with Gasteiger partial charge in [-0.1, -0.05) is 198 Å². The van der Waals surface area contributed by atoms with Gasteiger partial charge in [0.25, 0.3) is 0 Å². The van der Waals surface area contributed by atoms with Crippen LogP contribution in [0.5, 0.6) is 0 Å². The third-order valence-electron chi connectivity index (χ3n) is 12.2. The summed E-state index contributed by atoms with van der Waals surface area (Å²) in [5, 5.41) is 9.78. The Morgan fingerprint density at radius 2 is 0.714 bits per heavy atom. The molecule has 0 spiro atoms. The molecule has 0 aliphatic carbocycles. The Morgan fingerprint density at radius 1 is 0.400 bits per heavy atom. The Labute approximate surface area is 428 Å². The average Bonchev–Trinajstić information content (AvgIpc) is 3.35. The Bertz CT molecular complexity index is 1360. The average molecular weight is 1010 g/mol. The number of unbranched alkanes of at least 4 members (excludes halogenated alkanes) is 28. The lowest BCUT2D eigenvalue weighted by Crippen LogP contribution is -2.30. The van der Waals surface area contributed by atoms with E-state index in [0.717, 1.165) is 109 Å². The fourth-order valence-corrected chi connectivity index (χ4v) is 8.56. The summed E-state index contributed by atoms with van der Waals surface area (Å²) in [6, 6.07) is 0. The third-order valence-corrected chi connectivity index (χ3v) is 13.1. The zero-order valence-corrected chi connectivity index (χ0v) is 45.9. The van der Waals surface area contributed by atoms with Crippen molar-refractivity contribution in [1.82, 2.24) is 0 Å². The maximum Gasteiger partial charge on any atom is 0.472 e. The van der Waals surface area contributed by atoms with Crippen molar-refractivity contribution in [2.24, 2.45) is 0 Å². The highest BCUT2D eigenvalue weighted by Crippen LogP contribution is 2.43. The van der Waals surface area contributed by atoms with E-state index in [0.29, 0.717) is 19.3 Å². The lowest BCUT2D eigenvalue weighted by Gasteiger charge is -2.21. The summed E-state index contributed by atoms with van der Waals surface area (Å²) < 4.78 is 39.4. The maximum absolute atomic E-state index is 12.9. The first-order valence-electron chi connectivity index (χ1n) is 28.5. The van der Waals surface area contributed by atoms with Gasteiger partial charge in [-0.3, -0.25) is 23.4 Å². The van der Waals surface area contributed by atoms with Gasteiger partial charge in [-0.25, -0.2) is 4.57 Å². The Kier molecular flexibility index (Phi) is 50.8. The van der Waals surface area contributed by atoms with Crippen LogP contribution in [-0.4, -0.2) is 66.5 Å². The molecule has 0 aliphatic heterocycles. The largest absolute Gasteiger partial charge is 0.472 e. The molecule has 0 rings (SSSR count). The van der Waals surface area contributed by atoms with Crippen molar-refractivity contribution in [3.8, 4) is 0 Å².